The van der Waals surface area contributed by atoms with Gasteiger partial charge >= 0.3 is 0 Å². The van der Waals surface area contributed by atoms with E-state index in [9.17, 15) is 8.78 Å². The lowest BCUT2D eigenvalue weighted by Gasteiger charge is -2.24. The normalized spacial score (nSPS) is 13.3. The minimum atomic E-state index is -2.28. The molecule has 1 aromatic rings. The van der Waals surface area contributed by atoms with Crippen molar-refractivity contribution in [3.05, 3.63) is 34.9 Å². The van der Waals surface area contributed by atoms with E-state index in [0.29, 0.717) is 6.54 Å². The molecular formula is C14H22F2N2. The van der Waals surface area contributed by atoms with E-state index in [1.807, 2.05) is 7.05 Å². The van der Waals surface area contributed by atoms with Crippen LogP contribution in [-0.2, 0) is 0 Å². The Morgan fingerprint density at radius 3 is 2.33 bits per heavy atom. The number of likely N-dealkylation sites (N-methyl/N-ethyl adjacent to an activating group) is 2. The molecule has 1 atom stereocenters. The standard InChI is InChI=1S/C14H22F2N2/c1-10-5-6-12(7-11(10)2)13(17-3)8-18(4)9-14(15)16/h5-7,13-14,17H,8-9H2,1-4H3. The first-order chi connectivity index (χ1) is 8.43. The Labute approximate surface area is 108 Å². The zero-order chi connectivity index (χ0) is 13.7. The van der Waals surface area contributed by atoms with Crippen molar-refractivity contribution in [1.82, 2.24) is 10.2 Å². The summed E-state index contributed by atoms with van der Waals surface area (Å²) in [5.74, 6) is 0. The summed E-state index contributed by atoms with van der Waals surface area (Å²) in [6.45, 7) is 4.51. The van der Waals surface area contributed by atoms with Crippen molar-refractivity contribution in [3.63, 3.8) is 0 Å². The van der Waals surface area contributed by atoms with E-state index < -0.39 is 6.43 Å². The average Bonchev–Trinajstić information content (AvgIpc) is 2.29. The molecule has 1 N–H and O–H groups in total. The fraction of sp³-hybridized carbons (Fsp3) is 0.571. The highest BCUT2D eigenvalue weighted by Gasteiger charge is 2.15. The molecule has 0 heterocycles. The molecule has 2 nitrogen and oxygen atoms in total. The van der Waals surface area contributed by atoms with Crippen molar-refractivity contribution in [1.29, 1.82) is 0 Å². The van der Waals surface area contributed by atoms with Crippen molar-refractivity contribution < 1.29 is 8.78 Å². The first-order valence-electron chi connectivity index (χ1n) is 6.15. The number of rotatable bonds is 6. The summed E-state index contributed by atoms with van der Waals surface area (Å²) in [6.07, 6.45) is -2.28. The third-order valence-corrected chi connectivity index (χ3v) is 3.23. The molecule has 18 heavy (non-hydrogen) atoms. The largest absolute Gasteiger partial charge is 0.312 e. The molecule has 4 heteroatoms. The van der Waals surface area contributed by atoms with Gasteiger partial charge in [-0.25, -0.2) is 8.78 Å². The fourth-order valence-electron chi connectivity index (χ4n) is 1.97. The molecular weight excluding hydrogens is 234 g/mol. The van der Waals surface area contributed by atoms with Gasteiger partial charge in [-0.15, -0.1) is 0 Å². The van der Waals surface area contributed by atoms with Gasteiger partial charge in [0.1, 0.15) is 0 Å². The van der Waals surface area contributed by atoms with E-state index in [1.54, 1.807) is 11.9 Å². The van der Waals surface area contributed by atoms with Gasteiger partial charge in [0.2, 0.25) is 0 Å². The number of aryl methyl sites for hydroxylation is 2. The zero-order valence-electron chi connectivity index (χ0n) is 11.5. The van der Waals surface area contributed by atoms with Crippen LogP contribution in [-0.4, -0.2) is 38.5 Å². The lowest BCUT2D eigenvalue weighted by Crippen LogP contribution is -2.34. The van der Waals surface area contributed by atoms with Crippen molar-refractivity contribution in [2.24, 2.45) is 0 Å². The van der Waals surface area contributed by atoms with Crippen molar-refractivity contribution in [3.8, 4) is 0 Å². The first-order valence-corrected chi connectivity index (χ1v) is 6.15. The van der Waals surface area contributed by atoms with Crippen LogP contribution in [0.25, 0.3) is 0 Å². The third kappa shape index (κ3) is 4.35. The number of benzene rings is 1. The first kappa shape index (κ1) is 15.1. The Morgan fingerprint density at radius 2 is 1.83 bits per heavy atom. The maximum atomic E-state index is 12.3. The molecule has 0 bridgehead atoms. The van der Waals surface area contributed by atoms with Gasteiger partial charge in [0.15, 0.2) is 0 Å². The molecule has 1 rings (SSSR count). The summed E-state index contributed by atoms with van der Waals surface area (Å²) in [5.41, 5.74) is 3.61. The molecule has 0 aliphatic rings. The molecule has 1 aromatic carbocycles. The molecule has 0 aromatic heterocycles. The van der Waals surface area contributed by atoms with Gasteiger partial charge in [0, 0.05) is 12.6 Å². The van der Waals surface area contributed by atoms with E-state index in [2.05, 4.69) is 37.4 Å². The second kappa shape index (κ2) is 6.81. The summed E-state index contributed by atoms with van der Waals surface area (Å²) in [4.78, 5) is 1.65. The van der Waals surface area contributed by atoms with Gasteiger partial charge in [-0.3, -0.25) is 4.90 Å². The zero-order valence-corrected chi connectivity index (χ0v) is 11.5. The topological polar surface area (TPSA) is 15.3 Å². The Morgan fingerprint density at radius 1 is 1.17 bits per heavy atom. The van der Waals surface area contributed by atoms with Gasteiger partial charge < -0.3 is 5.32 Å². The molecule has 0 radical (unpaired) electrons. The second-order valence-corrected chi connectivity index (χ2v) is 4.80. The van der Waals surface area contributed by atoms with Crippen molar-refractivity contribution >= 4 is 0 Å². The Hall–Kier alpha value is -1.00. The SMILES string of the molecule is CNC(CN(C)CC(F)F)c1ccc(C)c(C)c1. The van der Waals surface area contributed by atoms with Gasteiger partial charge in [-0.1, -0.05) is 18.2 Å². The average molecular weight is 256 g/mol. The number of hydrogen-bond donors (Lipinski definition) is 1. The predicted molar refractivity (Wildman–Crippen MR) is 71.2 cm³/mol. The second-order valence-electron chi connectivity index (χ2n) is 4.80. The van der Waals surface area contributed by atoms with E-state index in [4.69, 9.17) is 0 Å². The predicted octanol–water partition coefficient (Wildman–Crippen LogP) is 2.76. The van der Waals surface area contributed by atoms with Crippen LogP contribution in [0.4, 0.5) is 8.78 Å². The van der Waals surface area contributed by atoms with Crippen LogP contribution >= 0.6 is 0 Å². The quantitative estimate of drug-likeness (QED) is 0.842. The van der Waals surface area contributed by atoms with Gasteiger partial charge in [-0.05, 0) is 44.6 Å². The van der Waals surface area contributed by atoms with Gasteiger partial charge in [0.25, 0.3) is 6.43 Å². The van der Waals surface area contributed by atoms with Crippen molar-refractivity contribution in [2.75, 3.05) is 27.2 Å². The highest BCUT2D eigenvalue weighted by molar-refractivity contribution is 5.31. The van der Waals surface area contributed by atoms with Crippen LogP contribution in [0.1, 0.15) is 22.7 Å². The van der Waals surface area contributed by atoms with Crippen LogP contribution in [0.15, 0.2) is 18.2 Å². The summed E-state index contributed by atoms with van der Waals surface area (Å²) in [7, 11) is 3.58. The monoisotopic (exact) mass is 256 g/mol. The van der Waals surface area contributed by atoms with Gasteiger partial charge in [-0.2, -0.15) is 0 Å². The van der Waals surface area contributed by atoms with Crippen LogP contribution in [0.5, 0.6) is 0 Å². The maximum Gasteiger partial charge on any atom is 0.251 e. The van der Waals surface area contributed by atoms with Crippen LogP contribution < -0.4 is 5.32 Å². The van der Waals surface area contributed by atoms with Gasteiger partial charge in [0.05, 0.1) is 6.54 Å². The number of halogens is 2. The third-order valence-electron chi connectivity index (χ3n) is 3.23. The lowest BCUT2D eigenvalue weighted by molar-refractivity contribution is 0.0963. The van der Waals surface area contributed by atoms with Crippen molar-refractivity contribution in [2.45, 2.75) is 26.3 Å². The molecule has 0 aliphatic heterocycles. The smallest absolute Gasteiger partial charge is 0.251 e. The summed E-state index contributed by atoms with van der Waals surface area (Å²) < 4.78 is 24.6. The summed E-state index contributed by atoms with van der Waals surface area (Å²) >= 11 is 0. The minimum Gasteiger partial charge on any atom is -0.312 e. The van der Waals surface area contributed by atoms with Crippen LogP contribution in [0, 0.1) is 13.8 Å². The number of alkyl halides is 2. The Kier molecular flexibility index (Phi) is 5.69. The molecule has 0 spiro atoms. The summed E-state index contributed by atoms with van der Waals surface area (Å²) in [5, 5.41) is 3.18. The highest BCUT2D eigenvalue weighted by Crippen LogP contribution is 2.18. The van der Waals surface area contributed by atoms with E-state index >= 15 is 0 Å². The summed E-state index contributed by atoms with van der Waals surface area (Å²) in [6, 6.07) is 6.32. The number of nitrogens with one attached hydrogen (secondary N) is 1. The molecule has 102 valence electrons. The van der Waals surface area contributed by atoms with E-state index in [1.165, 1.54) is 11.1 Å². The Balaban J connectivity index is 2.73. The number of nitrogens with zero attached hydrogens (tertiary/aromatic N) is 1. The molecule has 0 saturated carbocycles. The van der Waals surface area contributed by atoms with E-state index in [-0.39, 0.29) is 12.6 Å². The number of hydrogen-bond acceptors (Lipinski definition) is 2. The molecule has 0 amide bonds. The lowest BCUT2D eigenvalue weighted by atomic mass is 10.0. The minimum absolute atomic E-state index is 0.0769. The fourth-order valence-corrected chi connectivity index (χ4v) is 1.97. The maximum absolute atomic E-state index is 12.3. The molecule has 0 saturated heterocycles. The molecule has 0 aliphatic carbocycles. The highest BCUT2D eigenvalue weighted by atomic mass is 19.3. The van der Waals surface area contributed by atoms with Crippen LogP contribution in [0.2, 0.25) is 0 Å². The van der Waals surface area contributed by atoms with Crippen LogP contribution in [0.3, 0.4) is 0 Å². The molecule has 0 fully saturated rings. The Bertz CT molecular complexity index is 380. The molecule has 1 unspecified atom stereocenters. The van der Waals surface area contributed by atoms with E-state index in [0.717, 1.165) is 5.56 Å².